The van der Waals surface area contributed by atoms with Crippen molar-refractivity contribution in [2.45, 2.75) is 32.5 Å². The summed E-state index contributed by atoms with van der Waals surface area (Å²) in [5.41, 5.74) is 0. The van der Waals surface area contributed by atoms with E-state index in [0.717, 1.165) is 6.42 Å². The van der Waals surface area contributed by atoms with Crippen molar-refractivity contribution in [3.8, 4) is 5.75 Å². The van der Waals surface area contributed by atoms with Gasteiger partial charge in [-0.05, 0) is 31.4 Å². The Labute approximate surface area is 118 Å². The van der Waals surface area contributed by atoms with Gasteiger partial charge in [0, 0.05) is 19.2 Å². The van der Waals surface area contributed by atoms with Crippen LogP contribution in [0.3, 0.4) is 0 Å². The Morgan fingerprint density at radius 1 is 1.55 bits per heavy atom. The van der Waals surface area contributed by atoms with Crippen LogP contribution in [0.5, 0.6) is 5.75 Å². The summed E-state index contributed by atoms with van der Waals surface area (Å²) in [7, 11) is 0. The number of hydrogen-bond acceptors (Lipinski definition) is 3. The number of β-amino-alcohol motifs (C(OH)–C–C–N with tert-alkyl or cyclic N) is 1. The third-order valence-electron chi connectivity index (χ3n) is 3.69. The predicted octanol–water partition coefficient (Wildman–Crippen LogP) is 1.82. The van der Waals surface area contributed by atoms with E-state index in [-0.39, 0.29) is 11.8 Å². The van der Waals surface area contributed by atoms with Crippen molar-refractivity contribution in [2.24, 2.45) is 5.92 Å². The van der Waals surface area contributed by atoms with Crippen LogP contribution >= 0.6 is 0 Å². The van der Waals surface area contributed by atoms with Gasteiger partial charge in [0.05, 0.1) is 6.10 Å². The van der Waals surface area contributed by atoms with Crippen LogP contribution in [-0.4, -0.2) is 41.2 Å². The zero-order chi connectivity index (χ0) is 14.7. The lowest BCUT2D eigenvalue weighted by atomic mass is 9.96. The molecule has 1 fully saturated rings. The molecular formula is C15H20FNO3. The second kappa shape index (κ2) is 6.22. The topological polar surface area (TPSA) is 49.8 Å². The van der Waals surface area contributed by atoms with Gasteiger partial charge in [0.15, 0.2) is 6.10 Å². The first kappa shape index (κ1) is 14.8. The fraction of sp³-hybridized carbons (Fsp3) is 0.533. The molecule has 1 saturated heterocycles. The lowest BCUT2D eigenvalue weighted by Gasteiger charge is -2.35. The van der Waals surface area contributed by atoms with E-state index in [1.165, 1.54) is 18.2 Å². The molecule has 0 spiro atoms. The van der Waals surface area contributed by atoms with Crippen molar-refractivity contribution in [3.05, 3.63) is 30.1 Å². The number of ether oxygens (including phenoxy) is 1. The fourth-order valence-corrected chi connectivity index (χ4v) is 2.30. The van der Waals surface area contributed by atoms with E-state index in [9.17, 15) is 14.3 Å². The maximum atomic E-state index is 13.1. The highest BCUT2D eigenvalue weighted by molar-refractivity contribution is 5.81. The summed E-state index contributed by atoms with van der Waals surface area (Å²) < 4.78 is 18.5. The SMILES string of the molecule is CC(Oc1cccc(F)c1)C(=O)N1CCC(C)C(O)C1. The highest BCUT2D eigenvalue weighted by Crippen LogP contribution is 2.19. The quantitative estimate of drug-likeness (QED) is 0.919. The molecule has 1 aromatic carbocycles. The summed E-state index contributed by atoms with van der Waals surface area (Å²) in [4.78, 5) is 13.8. The summed E-state index contributed by atoms with van der Waals surface area (Å²) in [5, 5.41) is 9.82. The van der Waals surface area contributed by atoms with Gasteiger partial charge in [-0.1, -0.05) is 13.0 Å². The molecule has 2 rings (SSSR count). The molecular weight excluding hydrogens is 261 g/mol. The van der Waals surface area contributed by atoms with Gasteiger partial charge in [-0.15, -0.1) is 0 Å². The molecule has 110 valence electrons. The predicted molar refractivity (Wildman–Crippen MR) is 72.9 cm³/mol. The van der Waals surface area contributed by atoms with Gasteiger partial charge in [-0.3, -0.25) is 4.79 Å². The Morgan fingerprint density at radius 2 is 2.30 bits per heavy atom. The van der Waals surface area contributed by atoms with Crippen LogP contribution in [0, 0.1) is 11.7 Å². The average Bonchev–Trinajstić information content (AvgIpc) is 2.41. The third kappa shape index (κ3) is 3.48. The number of nitrogens with zero attached hydrogens (tertiary/aromatic N) is 1. The highest BCUT2D eigenvalue weighted by atomic mass is 19.1. The molecule has 1 aliphatic rings. The van der Waals surface area contributed by atoms with E-state index in [1.807, 2.05) is 6.92 Å². The zero-order valence-electron chi connectivity index (χ0n) is 11.8. The fourth-order valence-electron chi connectivity index (χ4n) is 2.30. The van der Waals surface area contributed by atoms with E-state index in [4.69, 9.17) is 4.74 Å². The molecule has 1 amide bonds. The van der Waals surface area contributed by atoms with Gasteiger partial charge in [0.25, 0.3) is 5.91 Å². The molecule has 1 heterocycles. The van der Waals surface area contributed by atoms with Gasteiger partial charge in [-0.2, -0.15) is 0 Å². The molecule has 3 atom stereocenters. The van der Waals surface area contributed by atoms with Crippen LogP contribution < -0.4 is 4.74 Å². The van der Waals surface area contributed by atoms with Crippen molar-refractivity contribution >= 4 is 5.91 Å². The van der Waals surface area contributed by atoms with Gasteiger partial charge in [-0.25, -0.2) is 4.39 Å². The Hall–Kier alpha value is -1.62. The largest absolute Gasteiger partial charge is 0.481 e. The molecule has 0 aromatic heterocycles. The average molecular weight is 281 g/mol. The minimum atomic E-state index is -0.697. The second-order valence-corrected chi connectivity index (χ2v) is 5.34. The van der Waals surface area contributed by atoms with E-state index in [0.29, 0.717) is 18.8 Å². The minimum absolute atomic E-state index is 0.180. The number of carbonyl (C=O) groups excluding carboxylic acids is 1. The summed E-state index contributed by atoms with van der Waals surface area (Å²) in [6.07, 6.45) is -0.411. The van der Waals surface area contributed by atoms with Crippen LogP contribution in [0.15, 0.2) is 24.3 Å². The lowest BCUT2D eigenvalue weighted by molar-refractivity contribution is -0.142. The number of hydrogen-bond donors (Lipinski definition) is 1. The van der Waals surface area contributed by atoms with Crippen LogP contribution in [-0.2, 0) is 4.79 Å². The summed E-state index contributed by atoms with van der Waals surface area (Å²) >= 11 is 0. The molecule has 1 aromatic rings. The smallest absolute Gasteiger partial charge is 0.263 e. The number of carbonyl (C=O) groups is 1. The molecule has 0 bridgehead atoms. The van der Waals surface area contributed by atoms with Gasteiger partial charge in [0.2, 0.25) is 0 Å². The van der Waals surface area contributed by atoms with Crippen molar-refractivity contribution in [1.82, 2.24) is 4.90 Å². The van der Waals surface area contributed by atoms with Gasteiger partial charge < -0.3 is 14.7 Å². The molecule has 4 nitrogen and oxygen atoms in total. The van der Waals surface area contributed by atoms with E-state index < -0.39 is 18.0 Å². The van der Waals surface area contributed by atoms with Crippen LogP contribution in [0.1, 0.15) is 20.3 Å². The number of aliphatic hydroxyl groups excluding tert-OH is 1. The second-order valence-electron chi connectivity index (χ2n) is 5.34. The number of halogens is 1. The first-order chi connectivity index (χ1) is 9.47. The van der Waals surface area contributed by atoms with Crippen molar-refractivity contribution < 1.29 is 19.0 Å². The van der Waals surface area contributed by atoms with Crippen LogP contribution in [0.25, 0.3) is 0 Å². The first-order valence-electron chi connectivity index (χ1n) is 6.86. The van der Waals surface area contributed by atoms with Gasteiger partial charge >= 0.3 is 0 Å². The van der Waals surface area contributed by atoms with Crippen molar-refractivity contribution in [3.63, 3.8) is 0 Å². The zero-order valence-corrected chi connectivity index (χ0v) is 11.8. The molecule has 20 heavy (non-hydrogen) atoms. The minimum Gasteiger partial charge on any atom is -0.481 e. The Morgan fingerprint density at radius 3 is 2.95 bits per heavy atom. The van der Waals surface area contributed by atoms with E-state index in [2.05, 4.69) is 0 Å². The molecule has 3 unspecified atom stereocenters. The Balaban J connectivity index is 1.95. The maximum Gasteiger partial charge on any atom is 0.263 e. The summed E-state index contributed by atoms with van der Waals surface area (Å²) in [6.45, 7) is 4.56. The normalized spacial score (nSPS) is 24.3. The number of benzene rings is 1. The van der Waals surface area contributed by atoms with Crippen molar-refractivity contribution in [1.29, 1.82) is 0 Å². The summed E-state index contributed by atoms with van der Waals surface area (Å²) in [5.74, 6) is -0.0418. The molecule has 1 N–H and O–H groups in total. The molecule has 5 heteroatoms. The maximum absolute atomic E-state index is 13.1. The lowest BCUT2D eigenvalue weighted by Crippen LogP contribution is -2.49. The highest BCUT2D eigenvalue weighted by Gasteiger charge is 2.30. The molecule has 1 aliphatic heterocycles. The molecule has 0 saturated carbocycles. The van der Waals surface area contributed by atoms with E-state index in [1.54, 1.807) is 17.9 Å². The van der Waals surface area contributed by atoms with Crippen LogP contribution in [0.4, 0.5) is 4.39 Å². The number of piperidine rings is 1. The molecule has 0 aliphatic carbocycles. The monoisotopic (exact) mass is 281 g/mol. The van der Waals surface area contributed by atoms with Crippen molar-refractivity contribution in [2.75, 3.05) is 13.1 Å². The Bertz CT molecular complexity index is 480. The first-order valence-corrected chi connectivity index (χ1v) is 6.86. The van der Waals surface area contributed by atoms with Crippen LogP contribution in [0.2, 0.25) is 0 Å². The number of aliphatic hydroxyl groups is 1. The standard InChI is InChI=1S/C15H20FNO3/c1-10-6-7-17(9-14(10)18)15(19)11(2)20-13-5-3-4-12(16)8-13/h3-5,8,10-11,14,18H,6-7,9H2,1-2H3. The third-order valence-corrected chi connectivity index (χ3v) is 3.69. The van der Waals surface area contributed by atoms with E-state index >= 15 is 0 Å². The summed E-state index contributed by atoms with van der Waals surface area (Å²) in [6, 6.07) is 5.72. The molecule has 0 radical (unpaired) electrons. The number of amides is 1. The number of rotatable bonds is 3. The van der Waals surface area contributed by atoms with Gasteiger partial charge in [0.1, 0.15) is 11.6 Å². The number of likely N-dealkylation sites (tertiary alicyclic amines) is 1. The Kier molecular flexibility index (Phi) is 4.60.